The van der Waals surface area contributed by atoms with Gasteiger partial charge in [0.05, 0.1) is 6.61 Å². The second-order valence-electron chi connectivity index (χ2n) is 4.36. The quantitative estimate of drug-likeness (QED) is 0.846. The summed E-state index contributed by atoms with van der Waals surface area (Å²) in [6, 6.07) is 7.97. The zero-order valence-corrected chi connectivity index (χ0v) is 12.0. The van der Waals surface area contributed by atoms with Crippen LogP contribution in [0.3, 0.4) is 0 Å². The Hall–Kier alpha value is -1.52. The minimum Gasteiger partial charge on any atom is -0.504 e. The normalized spacial score (nSPS) is 12.3. The minimum atomic E-state index is 0.231. The van der Waals surface area contributed by atoms with Gasteiger partial charge in [0, 0.05) is 18.2 Å². The summed E-state index contributed by atoms with van der Waals surface area (Å²) in [6.07, 6.45) is 0. The lowest BCUT2D eigenvalue weighted by Crippen LogP contribution is -2.17. The van der Waals surface area contributed by atoms with Crippen LogP contribution in [0.15, 0.2) is 35.0 Å². The highest BCUT2D eigenvalue weighted by Crippen LogP contribution is 2.30. The van der Waals surface area contributed by atoms with E-state index in [-0.39, 0.29) is 11.8 Å². The van der Waals surface area contributed by atoms with Gasteiger partial charge in [-0.05, 0) is 42.3 Å². The summed E-state index contributed by atoms with van der Waals surface area (Å²) in [5.41, 5.74) is 2.12. The van der Waals surface area contributed by atoms with Crippen LogP contribution in [0.25, 0.3) is 0 Å². The van der Waals surface area contributed by atoms with Gasteiger partial charge in [-0.3, -0.25) is 0 Å². The Morgan fingerprint density at radius 1 is 1.37 bits per heavy atom. The first-order chi connectivity index (χ1) is 9.22. The number of phenolic OH excluding ortho intramolecular Hbond substituents is 1. The number of hydrogen-bond donors (Lipinski definition) is 2. The van der Waals surface area contributed by atoms with Gasteiger partial charge >= 0.3 is 0 Å². The summed E-state index contributed by atoms with van der Waals surface area (Å²) in [4.78, 5) is 0. The van der Waals surface area contributed by atoms with Crippen molar-refractivity contribution in [3.63, 3.8) is 0 Å². The number of phenols is 1. The first-order valence-corrected chi connectivity index (χ1v) is 7.35. The maximum absolute atomic E-state index is 10.1. The van der Waals surface area contributed by atoms with Gasteiger partial charge in [0.15, 0.2) is 11.5 Å². The lowest BCUT2D eigenvalue weighted by atomic mass is 10.1. The highest BCUT2D eigenvalue weighted by Gasteiger charge is 2.10. The highest BCUT2D eigenvalue weighted by atomic mass is 32.1. The van der Waals surface area contributed by atoms with Crippen LogP contribution in [0.4, 0.5) is 0 Å². The van der Waals surface area contributed by atoms with Gasteiger partial charge in [-0.15, -0.1) is 0 Å². The van der Waals surface area contributed by atoms with E-state index in [2.05, 4.69) is 29.1 Å². The largest absolute Gasteiger partial charge is 0.504 e. The highest BCUT2D eigenvalue weighted by molar-refractivity contribution is 7.07. The summed E-state index contributed by atoms with van der Waals surface area (Å²) in [7, 11) is 0. The van der Waals surface area contributed by atoms with Crippen LogP contribution in [0.5, 0.6) is 11.5 Å². The maximum Gasteiger partial charge on any atom is 0.162 e. The molecule has 0 fully saturated rings. The molecule has 0 saturated carbocycles. The molecule has 2 N–H and O–H groups in total. The van der Waals surface area contributed by atoms with Gasteiger partial charge in [0.25, 0.3) is 0 Å². The Morgan fingerprint density at radius 3 is 2.89 bits per heavy atom. The second kappa shape index (κ2) is 6.59. The summed E-state index contributed by atoms with van der Waals surface area (Å²) >= 11 is 1.69. The average molecular weight is 277 g/mol. The molecule has 1 heterocycles. The molecule has 0 radical (unpaired) electrons. The molecule has 2 rings (SSSR count). The lowest BCUT2D eigenvalue weighted by molar-refractivity contribution is 0.316. The van der Waals surface area contributed by atoms with E-state index < -0.39 is 0 Å². The molecule has 1 atom stereocenters. The molecule has 1 aromatic heterocycles. The Labute approximate surface area is 117 Å². The monoisotopic (exact) mass is 277 g/mol. The van der Waals surface area contributed by atoms with Gasteiger partial charge in [0.2, 0.25) is 0 Å². The van der Waals surface area contributed by atoms with Crippen molar-refractivity contribution in [3.8, 4) is 11.5 Å². The topological polar surface area (TPSA) is 41.5 Å². The second-order valence-corrected chi connectivity index (χ2v) is 5.14. The van der Waals surface area contributed by atoms with E-state index in [9.17, 15) is 5.11 Å². The smallest absolute Gasteiger partial charge is 0.162 e. The van der Waals surface area contributed by atoms with Crippen molar-refractivity contribution >= 4 is 11.3 Å². The SMILES string of the molecule is CCOc1cccc(CNC(C)c2ccsc2)c1O. The Morgan fingerprint density at radius 2 is 2.21 bits per heavy atom. The Balaban J connectivity index is 2.01. The number of ether oxygens (including phenoxy) is 1. The molecule has 0 bridgehead atoms. The Bertz CT molecular complexity index is 511. The van der Waals surface area contributed by atoms with E-state index >= 15 is 0 Å². The van der Waals surface area contributed by atoms with Gasteiger partial charge in [-0.1, -0.05) is 12.1 Å². The molecule has 3 nitrogen and oxygen atoms in total. The maximum atomic E-state index is 10.1. The summed E-state index contributed by atoms with van der Waals surface area (Å²) in [5.74, 6) is 0.777. The summed E-state index contributed by atoms with van der Waals surface area (Å²) in [5, 5.41) is 17.7. The molecule has 0 aliphatic rings. The van der Waals surface area contributed by atoms with E-state index in [0.717, 1.165) is 5.56 Å². The van der Waals surface area contributed by atoms with Crippen LogP contribution in [-0.4, -0.2) is 11.7 Å². The Kier molecular flexibility index (Phi) is 4.82. The molecule has 0 aliphatic heterocycles. The van der Waals surface area contributed by atoms with E-state index in [1.807, 2.05) is 19.1 Å². The van der Waals surface area contributed by atoms with Crippen molar-refractivity contribution < 1.29 is 9.84 Å². The molecule has 0 amide bonds. The van der Waals surface area contributed by atoms with Crippen molar-refractivity contribution in [1.82, 2.24) is 5.32 Å². The molecule has 19 heavy (non-hydrogen) atoms. The molecule has 0 saturated heterocycles. The van der Waals surface area contributed by atoms with Crippen LogP contribution in [0.2, 0.25) is 0 Å². The summed E-state index contributed by atoms with van der Waals surface area (Å²) < 4.78 is 5.38. The molecule has 1 unspecified atom stereocenters. The van der Waals surface area contributed by atoms with E-state index in [0.29, 0.717) is 18.9 Å². The third-order valence-corrected chi connectivity index (χ3v) is 3.73. The predicted molar refractivity (Wildman–Crippen MR) is 78.8 cm³/mol. The van der Waals surface area contributed by atoms with Gasteiger partial charge in [-0.25, -0.2) is 0 Å². The number of hydrogen-bond acceptors (Lipinski definition) is 4. The molecule has 2 aromatic rings. The molecule has 0 spiro atoms. The standard InChI is InChI=1S/C15H19NO2S/c1-3-18-14-6-4-5-12(15(14)17)9-16-11(2)13-7-8-19-10-13/h4-8,10-11,16-17H,3,9H2,1-2H3. The third-order valence-electron chi connectivity index (χ3n) is 3.02. The lowest BCUT2D eigenvalue weighted by Gasteiger charge is -2.14. The fourth-order valence-corrected chi connectivity index (χ4v) is 2.64. The number of aromatic hydroxyl groups is 1. The van der Waals surface area contributed by atoms with E-state index in [1.54, 1.807) is 17.4 Å². The predicted octanol–water partition coefficient (Wildman–Crippen LogP) is 3.70. The van der Waals surface area contributed by atoms with E-state index in [4.69, 9.17) is 4.74 Å². The first kappa shape index (κ1) is 13.9. The molecular weight excluding hydrogens is 258 g/mol. The van der Waals surface area contributed by atoms with Crippen molar-refractivity contribution in [1.29, 1.82) is 0 Å². The fraction of sp³-hybridized carbons (Fsp3) is 0.333. The zero-order valence-electron chi connectivity index (χ0n) is 11.2. The van der Waals surface area contributed by atoms with Crippen LogP contribution in [0, 0.1) is 0 Å². The number of benzene rings is 1. The van der Waals surface area contributed by atoms with Crippen LogP contribution < -0.4 is 10.1 Å². The average Bonchev–Trinajstić information content (AvgIpc) is 2.94. The molecule has 102 valence electrons. The number of rotatable bonds is 6. The van der Waals surface area contributed by atoms with E-state index in [1.165, 1.54) is 5.56 Å². The number of nitrogens with one attached hydrogen (secondary N) is 1. The third kappa shape index (κ3) is 3.49. The first-order valence-electron chi connectivity index (χ1n) is 6.41. The van der Waals surface area contributed by atoms with Gasteiger partial charge in [0.1, 0.15) is 0 Å². The van der Waals surface area contributed by atoms with Crippen LogP contribution in [0.1, 0.15) is 31.0 Å². The van der Waals surface area contributed by atoms with Crippen LogP contribution >= 0.6 is 11.3 Å². The zero-order chi connectivity index (χ0) is 13.7. The van der Waals surface area contributed by atoms with Crippen molar-refractivity contribution in [3.05, 3.63) is 46.2 Å². The summed E-state index contributed by atoms with van der Waals surface area (Å²) in [6.45, 7) is 5.19. The van der Waals surface area contributed by atoms with Gasteiger partial charge in [-0.2, -0.15) is 11.3 Å². The van der Waals surface area contributed by atoms with Crippen molar-refractivity contribution in [2.45, 2.75) is 26.4 Å². The minimum absolute atomic E-state index is 0.231. The molecule has 4 heteroatoms. The number of thiophene rings is 1. The van der Waals surface area contributed by atoms with Crippen molar-refractivity contribution in [2.75, 3.05) is 6.61 Å². The number of para-hydroxylation sites is 1. The van der Waals surface area contributed by atoms with Crippen LogP contribution in [-0.2, 0) is 6.54 Å². The van der Waals surface area contributed by atoms with Crippen molar-refractivity contribution in [2.24, 2.45) is 0 Å². The molecule has 0 aliphatic carbocycles. The fourth-order valence-electron chi connectivity index (χ4n) is 1.88. The molecular formula is C15H19NO2S. The van der Waals surface area contributed by atoms with Gasteiger partial charge < -0.3 is 15.2 Å². The molecule has 1 aromatic carbocycles.